The fourth-order valence-electron chi connectivity index (χ4n) is 4.82. The van der Waals surface area contributed by atoms with Gasteiger partial charge in [0.2, 0.25) is 5.91 Å². The minimum atomic E-state index is -0.0600. The summed E-state index contributed by atoms with van der Waals surface area (Å²) >= 11 is 0. The molecule has 0 aromatic heterocycles. The van der Waals surface area contributed by atoms with Crippen LogP contribution in [0.4, 0.5) is 0 Å². The molecule has 3 aromatic rings. The zero-order chi connectivity index (χ0) is 25.5. The van der Waals surface area contributed by atoms with Gasteiger partial charge in [-0.25, -0.2) is 0 Å². The van der Waals surface area contributed by atoms with Crippen LogP contribution in [0.5, 0.6) is 23.0 Å². The van der Waals surface area contributed by atoms with Crippen LogP contribution in [0, 0.1) is 0 Å². The first kappa shape index (κ1) is 25.4. The molecule has 0 radical (unpaired) electrons. The molecule has 36 heavy (non-hydrogen) atoms. The maximum atomic E-state index is 13.0. The van der Waals surface area contributed by atoms with Gasteiger partial charge in [0.25, 0.3) is 0 Å². The van der Waals surface area contributed by atoms with E-state index in [1.165, 1.54) is 5.56 Å². The van der Waals surface area contributed by atoms with Crippen molar-refractivity contribution in [2.45, 2.75) is 25.4 Å². The highest BCUT2D eigenvalue weighted by Gasteiger charge is 2.32. The Morgan fingerprint density at radius 2 is 1.61 bits per heavy atom. The van der Waals surface area contributed by atoms with Crippen LogP contribution in [0.15, 0.2) is 60.7 Å². The van der Waals surface area contributed by atoms with Crippen molar-refractivity contribution in [2.75, 3.05) is 41.5 Å². The van der Waals surface area contributed by atoms with Crippen molar-refractivity contribution in [3.63, 3.8) is 0 Å². The molecule has 0 spiro atoms. The van der Waals surface area contributed by atoms with Gasteiger partial charge in [-0.1, -0.05) is 36.4 Å². The van der Waals surface area contributed by atoms with Gasteiger partial charge in [-0.2, -0.15) is 0 Å². The van der Waals surface area contributed by atoms with Crippen LogP contribution in [0.1, 0.15) is 28.3 Å². The molecule has 0 saturated carbocycles. The van der Waals surface area contributed by atoms with Gasteiger partial charge in [-0.15, -0.1) is 0 Å². The van der Waals surface area contributed by atoms with E-state index in [4.69, 9.17) is 18.9 Å². The summed E-state index contributed by atoms with van der Waals surface area (Å²) in [6.45, 7) is 1.55. The maximum Gasteiger partial charge on any atom is 0.234 e. The summed E-state index contributed by atoms with van der Waals surface area (Å²) in [7, 11) is 6.60. The molecule has 1 atom stereocenters. The molecule has 0 saturated heterocycles. The van der Waals surface area contributed by atoms with E-state index < -0.39 is 0 Å². The Hall–Kier alpha value is -3.71. The van der Waals surface area contributed by atoms with E-state index in [0.29, 0.717) is 31.0 Å². The number of rotatable bonds is 10. The summed E-state index contributed by atoms with van der Waals surface area (Å²) in [5, 5.41) is 3.07. The molecule has 0 fully saturated rings. The molecule has 0 aliphatic carbocycles. The number of benzene rings is 3. The van der Waals surface area contributed by atoms with Crippen molar-refractivity contribution in [2.24, 2.45) is 0 Å². The first-order valence-corrected chi connectivity index (χ1v) is 12.1. The summed E-state index contributed by atoms with van der Waals surface area (Å²) in [5.74, 6) is 2.89. The third-order valence-electron chi connectivity index (χ3n) is 6.66. The number of hydrogen-bond donors (Lipinski definition) is 1. The topological polar surface area (TPSA) is 69.3 Å². The molecule has 1 aliphatic rings. The van der Waals surface area contributed by atoms with E-state index in [1.54, 1.807) is 28.4 Å². The minimum Gasteiger partial charge on any atom is -0.497 e. The van der Waals surface area contributed by atoms with Crippen molar-refractivity contribution in [1.29, 1.82) is 0 Å². The van der Waals surface area contributed by atoms with Crippen LogP contribution >= 0.6 is 0 Å². The molecule has 0 bridgehead atoms. The van der Waals surface area contributed by atoms with Crippen LogP contribution in [0.2, 0.25) is 0 Å². The maximum absolute atomic E-state index is 13.0. The van der Waals surface area contributed by atoms with Crippen LogP contribution in [-0.2, 0) is 24.2 Å². The molecule has 1 aliphatic heterocycles. The zero-order valence-corrected chi connectivity index (χ0v) is 21.4. The van der Waals surface area contributed by atoms with Gasteiger partial charge in [0, 0.05) is 30.8 Å². The first-order chi connectivity index (χ1) is 17.6. The van der Waals surface area contributed by atoms with E-state index in [0.717, 1.165) is 41.2 Å². The molecule has 1 N–H and O–H groups in total. The van der Waals surface area contributed by atoms with Gasteiger partial charge in [0.15, 0.2) is 11.5 Å². The van der Waals surface area contributed by atoms with E-state index in [2.05, 4.69) is 16.3 Å². The van der Waals surface area contributed by atoms with Crippen LogP contribution in [-0.4, -0.2) is 52.3 Å². The Balaban J connectivity index is 1.62. The summed E-state index contributed by atoms with van der Waals surface area (Å²) in [6, 6.07) is 19.8. The number of carbonyl (C=O) groups excluding carboxylic acids is 1. The summed E-state index contributed by atoms with van der Waals surface area (Å²) in [6.07, 6.45) is 1.49. The summed E-state index contributed by atoms with van der Waals surface area (Å²) in [5.41, 5.74) is 4.43. The highest BCUT2D eigenvalue weighted by Crippen LogP contribution is 2.41. The van der Waals surface area contributed by atoms with E-state index in [9.17, 15) is 4.79 Å². The molecule has 190 valence electrons. The molecular formula is C29H34N2O5. The lowest BCUT2D eigenvalue weighted by Gasteiger charge is -2.38. The largest absolute Gasteiger partial charge is 0.497 e. The fraction of sp³-hybridized carbons (Fsp3) is 0.345. The van der Waals surface area contributed by atoms with Gasteiger partial charge >= 0.3 is 0 Å². The molecule has 1 heterocycles. The Morgan fingerprint density at radius 1 is 0.861 bits per heavy atom. The van der Waals surface area contributed by atoms with Crippen LogP contribution in [0.25, 0.3) is 0 Å². The second kappa shape index (κ2) is 11.8. The van der Waals surface area contributed by atoms with Crippen LogP contribution in [0.3, 0.4) is 0 Å². The number of nitrogens with zero attached hydrogens (tertiary/aromatic N) is 1. The fourth-order valence-corrected chi connectivity index (χ4v) is 4.82. The van der Waals surface area contributed by atoms with Gasteiger partial charge in [0.05, 0.1) is 35.0 Å². The molecular weight excluding hydrogens is 456 g/mol. The summed E-state index contributed by atoms with van der Waals surface area (Å²) < 4.78 is 22.3. The van der Waals surface area contributed by atoms with Gasteiger partial charge in [-0.3, -0.25) is 9.69 Å². The predicted octanol–water partition coefficient (Wildman–Crippen LogP) is 4.18. The lowest BCUT2D eigenvalue weighted by Crippen LogP contribution is -2.43. The molecule has 3 aromatic carbocycles. The third kappa shape index (κ3) is 5.74. The van der Waals surface area contributed by atoms with Crippen molar-refractivity contribution in [1.82, 2.24) is 10.2 Å². The van der Waals surface area contributed by atoms with Crippen molar-refractivity contribution in [3.8, 4) is 23.0 Å². The second-order valence-corrected chi connectivity index (χ2v) is 8.79. The molecule has 1 amide bonds. The highest BCUT2D eigenvalue weighted by molar-refractivity contribution is 5.78. The number of amides is 1. The number of carbonyl (C=O) groups is 1. The van der Waals surface area contributed by atoms with Gasteiger partial charge in [-0.05, 0) is 47.7 Å². The average Bonchev–Trinajstić information content (AvgIpc) is 2.92. The number of hydrogen-bond acceptors (Lipinski definition) is 6. The Bertz CT molecular complexity index is 1160. The van der Waals surface area contributed by atoms with Crippen LogP contribution < -0.4 is 24.3 Å². The van der Waals surface area contributed by atoms with Gasteiger partial charge < -0.3 is 24.3 Å². The predicted molar refractivity (Wildman–Crippen MR) is 139 cm³/mol. The quantitative estimate of drug-likeness (QED) is 0.460. The van der Waals surface area contributed by atoms with E-state index in [-0.39, 0.29) is 11.9 Å². The monoisotopic (exact) mass is 490 g/mol. The van der Waals surface area contributed by atoms with E-state index in [1.807, 2.05) is 54.6 Å². The van der Waals surface area contributed by atoms with Gasteiger partial charge in [0.1, 0.15) is 11.5 Å². The normalized spacial score (nSPS) is 15.1. The number of fused-ring (bicyclic) bond motifs is 1. The van der Waals surface area contributed by atoms with Crippen molar-refractivity contribution in [3.05, 3.63) is 82.9 Å². The van der Waals surface area contributed by atoms with E-state index >= 15 is 0 Å². The number of ether oxygens (including phenoxy) is 4. The standard InChI is InChI=1S/C29H34N2O5/c1-33-23-16-22-12-13-31(19-28(32)30-18-20-8-6-5-7-9-20)24(29(22)27(17-23)36-4)14-21-10-11-25(34-2)26(15-21)35-3/h5-11,15-17,24H,12-14,18-19H2,1-4H3,(H,30,32). The zero-order valence-electron chi connectivity index (χ0n) is 21.4. The van der Waals surface area contributed by atoms with Crippen molar-refractivity contribution >= 4 is 5.91 Å². The Kier molecular flexibility index (Phi) is 8.33. The number of nitrogens with one attached hydrogen (secondary N) is 1. The molecule has 1 unspecified atom stereocenters. The lowest BCUT2D eigenvalue weighted by atomic mass is 9.87. The highest BCUT2D eigenvalue weighted by atomic mass is 16.5. The third-order valence-corrected chi connectivity index (χ3v) is 6.66. The molecule has 4 rings (SSSR count). The SMILES string of the molecule is COc1cc2c(c(OC)c1)C(Cc1ccc(OC)c(OC)c1)N(CC(=O)NCc1ccccc1)CC2. The first-order valence-electron chi connectivity index (χ1n) is 12.1. The number of methoxy groups -OCH3 is 4. The average molecular weight is 491 g/mol. The summed E-state index contributed by atoms with van der Waals surface area (Å²) in [4.78, 5) is 15.2. The Labute approximate surface area is 212 Å². The van der Waals surface area contributed by atoms with Crippen molar-refractivity contribution < 1.29 is 23.7 Å². The minimum absolute atomic E-state index is 0.00732. The Morgan fingerprint density at radius 3 is 2.31 bits per heavy atom. The molecule has 7 heteroatoms. The second-order valence-electron chi connectivity index (χ2n) is 8.79. The smallest absolute Gasteiger partial charge is 0.234 e. The molecule has 7 nitrogen and oxygen atoms in total. The lowest BCUT2D eigenvalue weighted by molar-refractivity contribution is -0.123.